The largest absolute Gasteiger partial charge is 0.348 e. The minimum Gasteiger partial charge on any atom is -0.348 e. The van der Waals surface area contributed by atoms with Crippen LogP contribution in [0.3, 0.4) is 0 Å². The highest BCUT2D eigenvalue weighted by Gasteiger charge is 2.15. The molecular formula is C20H18Cl2F2N2O4. The monoisotopic (exact) mass is 458 g/mol. The topological polar surface area (TPSA) is 80.4 Å². The van der Waals surface area contributed by atoms with E-state index in [0.717, 1.165) is 0 Å². The Morgan fingerprint density at radius 3 is 2.33 bits per heavy atom. The van der Waals surface area contributed by atoms with Gasteiger partial charge in [0.05, 0.1) is 10.0 Å². The first kappa shape index (κ1) is 23.8. The summed E-state index contributed by atoms with van der Waals surface area (Å²) in [5.74, 6) is -1.41. The molecule has 1 heterocycles. The third-order valence-electron chi connectivity index (χ3n) is 3.88. The van der Waals surface area contributed by atoms with Crippen molar-refractivity contribution in [3.8, 4) is 0 Å². The number of benzene rings is 2. The molecule has 0 spiro atoms. The van der Waals surface area contributed by atoms with E-state index in [9.17, 15) is 18.4 Å². The lowest BCUT2D eigenvalue weighted by atomic mass is 10.2. The number of pyridine rings is 1. The molecule has 3 rings (SSSR count). The SMILES string of the molecule is COC(OC)C(=O)NCc1ccc(F)c(Cl)c1.O=c1cc2cc(F)c(Cl)cc2c[nH]1. The Morgan fingerprint density at radius 2 is 1.70 bits per heavy atom. The first-order chi connectivity index (χ1) is 14.2. The predicted molar refractivity (Wildman–Crippen MR) is 111 cm³/mol. The van der Waals surface area contributed by atoms with E-state index in [1.165, 1.54) is 56.8 Å². The van der Waals surface area contributed by atoms with Crippen molar-refractivity contribution in [2.75, 3.05) is 14.2 Å². The van der Waals surface area contributed by atoms with E-state index in [1.54, 1.807) is 0 Å². The molecule has 0 aliphatic heterocycles. The summed E-state index contributed by atoms with van der Waals surface area (Å²) in [6.07, 6.45) is 0.550. The van der Waals surface area contributed by atoms with Crippen molar-refractivity contribution in [1.82, 2.24) is 10.3 Å². The molecule has 0 atom stereocenters. The molecule has 0 saturated heterocycles. The number of rotatable bonds is 5. The fourth-order valence-corrected chi connectivity index (χ4v) is 2.77. The third-order valence-corrected chi connectivity index (χ3v) is 4.45. The van der Waals surface area contributed by atoms with Crippen LogP contribution in [-0.4, -0.2) is 31.4 Å². The molecule has 1 amide bonds. The second-order valence-corrected chi connectivity index (χ2v) is 6.78. The first-order valence-corrected chi connectivity index (χ1v) is 9.25. The number of hydrogen-bond acceptors (Lipinski definition) is 4. The van der Waals surface area contributed by atoms with Gasteiger partial charge in [-0.2, -0.15) is 0 Å². The van der Waals surface area contributed by atoms with E-state index < -0.39 is 23.8 Å². The summed E-state index contributed by atoms with van der Waals surface area (Å²) < 4.78 is 35.4. The number of hydrogen-bond donors (Lipinski definition) is 2. The van der Waals surface area contributed by atoms with Gasteiger partial charge in [0.15, 0.2) is 0 Å². The predicted octanol–water partition coefficient (Wildman–Crippen LogP) is 4.03. The first-order valence-electron chi connectivity index (χ1n) is 8.50. The van der Waals surface area contributed by atoms with Crippen molar-refractivity contribution < 1.29 is 23.0 Å². The molecule has 0 radical (unpaired) electrons. The van der Waals surface area contributed by atoms with Crippen LogP contribution in [0.1, 0.15) is 5.56 Å². The molecule has 0 fully saturated rings. The maximum atomic E-state index is 12.9. The fraction of sp³-hybridized carbons (Fsp3) is 0.200. The summed E-state index contributed by atoms with van der Waals surface area (Å²) in [6.45, 7) is 0.224. The second kappa shape index (κ2) is 11.0. The van der Waals surface area contributed by atoms with Gasteiger partial charge in [-0.25, -0.2) is 8.78 Å². The van der Waals surface area contributed by atoms with Gasteiger partial charge >= 0.3 is 0 Å². The number of nitrogens with one attached hydrogen (secondary N) is 2. The molecule has 6 nitrogen and oxygen atoms in total. The Kier molecular flexibility index (Phi) is 8.73. The molecule has 10 heteroatoms. The van der Waals surface area contributed by atoms with Gasteiger partial charge in [0.25, 0.3) is 5.91 Å². The smallest absolute Gasteiger partial charge is 0.277 e. The van der Waals surface area contributed by atoms with Crippen LogP contribution in [-0.2, 0) is 20.8 Å². The Bertz CT molecular complexity index is 1090. The van der Waals surface area contributed by atoms with Crippen molar-refractivity contribution in [1.29, 1.82) is 0 Å². The summed E-state index contributed by atoms with van der Waals surface area (Å²) in [7, 11) is 2.73. The molecule has 0 aliphatic rings. The molecule has 2 N–H and O–H groups in total. The number of methoxy groups -OCH3 is 2. The number of carbonyl (C=O) groups excluding carboxylic acids is 1. The van der Waals surface area contributed by atoms with Crippen LogP contribution in [0.2, 0.25) is 10.0 Å². The number of ether oxygens (including phenoxy) is 2. The minimum absolute atomic E-state index is 0.0202. The van der Waals surface area contributed by atoms with Crippen LogP contribution in [0.25, 0.3) is 10.8 Å². The molecule has 0 unspecified atom stereocenters. The Hall–Kier alpha value is -2.52. The number of H-pyrrole nitrogens is 1. The molecule has 160 valence electrons. The number of carbonyl (C=O) groups is 1. The number of fused-ring (bicyclic) bond motifs is 1. The Labute approximate surface area is 180 Å². The standard InChI is InChI=1S/C11H13ClFNO3.C9H5ClFNO/c1-16-11(17-2)10(15)14-6-7-3-4-9(13)8(12)5-7;10-7-1-6-4-12-9(13)3-5(6)2-8(7)11/h3-5,11H,6H2,1-2H3,(H,14,15);1-4H,(H,12,13). The van der Waals surface area contributed by atoms with Crippen molar-refractivity contribution in [2.45, 2.75) is 12.8 Å². The molecule has 0 saturated carbocycles. The average Bonchev–Trinajstić information content (AvgIpc) is 2.71. The van der Waals surface area contributed by atoms with E-state index >= 15 is 0 Å². The van der Waals surface area contributed by atoms with Crippen LogP contribution in [0.15, 0.2) is 47.4 Å². The highest BCUT2D eigenvalue weighted by atomic mass is 35.5. The molecule has 2 aromatic carbocycles. The molecule has 0 aliphatic carbocycles. The lowest BCUT2D eigenvalue weighted by Crippen LogP contribution is -2.36. The number of halogens is 4. The van der Waals surface area contributed by atoms with Crippen LogP contribution < -0.4 is 10.9 Å². The summed E-state index contributed by atoms with van der Waals surface area (Å²) in [4.78, 5) is 24.8. The quantitative estimate of drug-likeness (QED) is 0.565. The summed E-state index contributed by atoms with van der Waals surface area (Å²) in [5.41, 5.74) is 0.435. The second-order valence-electron chi connectivity index (χ2n) is 5.96. The van der Waals surface area contributed by atoms with Crippen LogP contribution in [0.4, 0.5) is 8.78 Å². The van der Waals surface area contributed by atoms with Crippen molar-refractivity contribution in [3.05, 3.63) is 80.2 Å². The van der Waals surface area contributed by atoms with Gasteiger partial charge in [0, 0.05) is 33.0 Å². The van der Waals surface area contributed by atoms with Crippen LogP contribution in [0, 0.1) is 11.6 Å². The number of aromatic nitrogens is 1. The van der Waals surface area contributed by atoms with Gasteiger partial charge in [0.1, 0.15) is 11.6 Å². The van der Waals surface area contributed by atoms with Crippen LogP contribution >= 0.6 is 23.2 Å². The molecule has 30 heavy (non-hydrogen) atoms. The van der Waals surface area contributed by atoms with E-state index in [-0.39, 0.29) is 22.1 Å². The summed E-state index contributed by atoms with van der Waals surface area (Å²) in [6, 6.07) is 8.28. The van der Waals surface area contributed by atoms with Gasteiger partial charge < -0.3 is 19.8 Å². The number of amides is 1. The highest BCUT2D eigenvalue weighted by Crippen LogP contribution is 2.20. The number of aromatic amines is 1. The lowest BCUT2D eigenvalue weighted by molar-refractivity contribution is -0.159. The third kappa shape index (κ3) is 6.50. The van der Waals surface area contributed by atoms with Gasteiger partial charge in [-0.3, -0.25) is 9.59 Å². The van der Waals surface area contributed by atoms with E-state index in [0.29, 0.717) is 16.3 Å². The van der Waals surface area contributed by atoms with Crippen molar-refractivity contribution >= 4 is 39.9 Å². The van der Waals surface area contributed by atoms with E-state index in [1.807, 2.05) is 0 Å². The van der Waals surface area contributed by atoms with Crippen molar-refractivity contribution in [2.24, 2.45) is 0 Å². The zero-order chi connectivity index (χ0) is 22.3. The Balaban J connectivity index is 0.000000220. The van der Waals surface area contributed by atoms with E-state index in [2.05, 4.69) is 10.3 Å². The maximum Gasteiger partial charge on any atom is 0.277 e. The Morgan fingerprint density at radius 1 is 1.03 bits per heavy atom. The molecule has 3 aromatic rings. The summed E-state index contributed by atoms with van der Waals surface area (Å²) in [5, 5.41) is 3.91. The van der Waals surface area contributed by atoms with Crippen molar-refractivity contribution in [3.63, 3.8) is 0 Å². The molecular weight excluding hydrogens is 441 g/mol. The highest BCUT2D eigenvalue weighted by molar-refractivity contribution is 6.31. The van der Waals surface area contributed by atoms with Gasteiger partial charge in [-0.15, -0.1) is 0 Å². The van der Waals surface area contributed by atoms with Crippen LogP contribution in [0.5, 0.6) is 0 Å². The normalized spacial score (nSPS) is 10.6. The van der Waals surface area contributed by atoms with Gasteiger partial charge in [-0.1, -0.05) is 29.3 Å². The maximum absolute atomic E-state index is 12.9. The minimum atomic E-state index is -0.953. The summed E-state index contributed by atoms with van der Waals surface area (Å²) >= 11 is 11.2. The fourth-order valence-electron chi connectivity index (χ4n) is 2.39. The zero-order valence-corrected chi connectivity index (χ0v) is 17.5. The molecule has 1 aromatic heterocycles. The van der Waals surface area contributed by atoms with Gasteiger partial charge in [0.2, 0.25) is 11.8 Å². The zero-order valence-electron chi connectivity index (χ0n) is 16.0. The van der Waals surface area contributed by atoms with Gasteiger partial charge in [-0.05, 0) is 40.6 Å². The average molecular weight is 459 g/mol. The van der Waals surface area contributed by atoms with E-state index in [4.69, 9.17) is 32.7 Å². The molecule has 0 bridgehead atoms. The lowest BCUT2D eigenvalue weighted by Gasteiger charge is -2.13.